The van der Waals surface area contributed by atoms with Gasteiger partial charge in [-0.05, 0) is 58.3 Å². The molecule has 0 bridgehead atoms. The summed E-state index contributed by atoms with van der Waals surface area (Å²) in [6, 6.07) is 0.821. The molecule has 1 N–H and O–H groups in total. The molecule has 0 amide bonds. The maximum atomic E-state index is 3.65. The number of piperidine rings is 1. The van der Waals surface area contributed by atoms with Crippen molar-refractivity contribution in [3.8, 4) is 0 Å². The largest absolute Gasteiger partial charge is 0.314 e. The minimum Gasteiger partial charge on any atom is -0.314 e. The van der Waals surface area contributed by atoms with Crippen molar-refractivity contribution in [1.29, 1.82) is 0 Å². The van der Waals surface area contributed by atoms with Crippen molar-refractivity contribution >= 4 is 24.8 Å². The van der Waals surface area contributed by atoms with Crippen molar-refractivity contribution in [3.05, 3.63) is 0 Å². The van der Waals surface area contributed by atoms with Gasteiger partial charge >= 0.3 is 0 Å². The first-order chi connectivity index (χ1) is 7.45. The molecule has 2 fully saturated rings. The maximum Gasteiger partial charge on any atom is 0.00792 e. The van der Waals surface area contributed by atoms with Crippen LogP contribution in [0.25, 0.3) is 0 Å². The van der Waals surface area contributed by atoms with E-state index in [1.165, 1.54) is 77.5 Å². The van der Waals surface area contributed by atoms with E-state index in [0.717, 1.165) is 6.04 Å². The van der Waals surface area contributed by atoms with E-state index in [1.807, 2.05) is 0 Å². The van der Waals surface area contributed by atoms with Crippen LogP contribution in [0.5, 0.6) is 0 Å². The fourth-order valence-corrected chi connectivity index (χ4v) is 2.87. The molecule has 0 aromatic rings. The predicted octanol–water partition coefficient (Wildman–Crippen LogP) is 3.24. The van der Waals surface area contributed by atoms with Crippen LogP contribution in [-0.2, 0) is 0 Å². The fourth-order valence-electron chi connectivity index (χ4n) is 2.87. The molecular formula is C13H28Cl2N2. The quantitative estimate of drug-likeness (QED) is 0.855. The summed E-state index contributed by atoms with van der Waals surface area (Å²) in [6.45, 7) is 5.29. The third kappa shape index (κ3) is 6.85. The molecule has 2 saturated heterocycles. The van der Waals surface area contributed by atoms with Crippen molar-refractivity contribution in [1.82, 2.24) is 10.2 Å². The van der Waals surface area contributed by atoms with Crippen LogP contribution in [0.1, 0.15) is 51.4 Å². The summed E-state index contributed by atoms with van der Waals surface area (Å²) in [5.41, 5.74) is 0. The first-order valence-electron chi connectivity index (χ1n) is 6.91. The molecule has 0 radical (unpaired) electrons. The molecule has 4 heteroatoms. The number of nitrogens with zero attached hydrogens (tertiary/aromatic N) is 1. The van der Waals surface area contributed by atoms with Crippen molar-refractivity contribution in [2.24, 2.45) is 0 Å². The Hall–Kier alpha value is 0.500. The van der Waals surface area contributed by atoms with Crippen LogP contribution < -0.4 is 5.32 Å². The van der Waals surface area contributed by atoms with Gasteiger partial charge < -0.3 is 10.2 Å². The van der Waals surface area contributed by atoms with Crippen molar-refractivity contribution in [2.45, 2.75) is 57.4 Å². The van der Waals surface area contributed by atoms with E-state index in [0.29, 0.717) is 0 Å². The van der Waals surface area contributed by atoms with E-state index in [4.69, 9.17) is 0 Å². The maximum absolute atomic E-state index is 3.65. The molecule has 0 aromatic carbocycles. The highest BCUT2D eigenvalue weighted by Gasteiger charge is 2.14. The Morgan fingerprint density at radius 2 is 1.59 bits per heavy atom. The third-order valence-corrected chi connectivity index (χ3v) is 3.90. The SMILES string of the molecule is C1CCCN(CCC2CCCCN2)CC1.Cl.Cl. The summed E-state index contributed by atoms with van der Waals surface area (Å²) in [5.74, 6) is 0. The molecule has 2 nitrogen and oxygen atoms in total. The minimum absolute atomic E-state index is 0. The van der Waals surface area contributed by atoms with Gasteiger partial charge in [-0.1, -0.05) is 19.3 Å². The van der Waals surface area contributed by atoms with Gasteiger partial charge in [-0.2, -0.15) is 0 Å². The van der Waals surface area contributed by atoms with Gasteiger partial charge in [0.2, 0.25) is 0 Å². The van der Waals surface area contributed by atoms with E-state index in [-0.39, 0.29) is 24.8 Å². The number of rotatable bonds is 3. The summed E-state index contributed by atoms with van der Waals surface area (Å²) >= 11 is 0. The fraction of sp³-hybridized carbons (Fsp3) is 1.00. The number of hydrogen-bond acceptors (Lipinski definition) is 2. The molecule has 104 valence electrons. The molecule has 0 aliphatic carbocycles. The van der Waals surface area contributed by atoms with Gasteiger partial charge in [-0.3, -0.25) is 0 Å². The topological polar surface area (TPSA) is 15.3 Å². The molecule has 17 heavy (non-hydrogen) atoms. The zero-order chi connectivity index (χ0) is 10.3. The molecule has 1 unspecified atom stereocenters. The van der Waals surface area contributed by atoms with E-state index in [2.05, 4.69) is 10.2 Å². The summed E-state index contributed by atoms with van der Waals surface area (Å²) in [5, 5.41) is 3.65. The van der Waals surface area contributed by atoms with Gasteiger partial charge in [0.25, 0.3) is 0 Å². The summed E-state index contributed by atoms with van der Waals surface area (Å²) < 4.78 is 0. The molecule has 1 atom stereocenters. The van der Waals surface area contributed by atoms with Crippen LogP contribution in [-0.4, -0.2) is 37.1 Å². The Morgan fingerprint density at radius 1 is 0.882 bits per heavy atom. The summed E-state index contributed by atoms with van der Waals surface area (Å²) in [6.07, 6.45) is 11.4. The van der Waals surface area contributed by atoms with Crippen LogP contribution >= 0.6 is 24.8 Å². The van der Waals surface area contributed by atoms with E-state index in [1.54, 1.807) is 0 Å². The Morgan fingerprint density at radius 3 is 2.18 bits per heavy atom. The van der Waals surface area contributed by atoms with E-state index >= 15 is 0 Å². The lowest BCUT2D eigenvalue weighted by atomic mass is 10.0. The second-order valence-corrected chi connectivity index (χ2v) is 5.19. The van der Waals surface area contributed by atoms with Gasteiger partial charge in [0.05, 0.1) is 0 Å². The Balaban J connectivity index is 0.00000128. The molecule has 2 rings (SSSR count). The van der Waals surface area contributed by atoms with Crippen molar-refractivity contribution in [3.63, 3.8) is 0 Å². The number of likely N-dealkylation sites (tertiary alicyclic amines) is 1. The Bertz CT molecular complexity index is 165. The molecule has 0 spiro atoms. The molecule has 2 aliphatic rings. The Labute approximate surface area is 119 Å². The molecule has 0 aromatic heterocycles. The zero-order valence-corrected chi connectivity index (χ0v) is 12.5. The minimum atomic E-state index is 0. The van der Waals surface area contributed by atoms with Crippen LogP contribution in [0.15, 0.2) is 0 Å². The lowest BCUT2D eigenvalue weighted by molar-refractivity contribution is 0.254. The third-order valence-electron chi connectivity index (χ3n) is 3.90. The number of hydrogen-bond donors (Lipinski definition) is 1. The highest BCUT2D eigenvalue weighted by atomic mass is 35.5. The van der Waals surface area contributed by atoms with Gasteiger partial charge in [-0.15, -0.1) is 24.8 Å². The molecule has 0 saturated carbocycles. The molecular weight excluding hydrogens is 255 g/mol. The Kier molecular flexibility index (Phi) is 10.7. The second kappa shape index (κ2) is 10.4. The van der Waals surface area contributed by atoms with E-state index < -0.39 is 0 Å². The molecule has 2 heterocycles. The van der Waals surface area contributed by atoms with Crippen LogP contribution in [0, 0.1) is 0 Å². The normalized spacial score (nSPS) is 26.5. The van der Waals surface area contributed by atoms with Gasteiger partial charge in [0, 0.05) is 6.04 Å². The summed E-state index contributed by atoms with van der Waals surface area (Å²) in [4.78, 5) is 2.68. The van der Waals surface area contributed by atoms with Crippen molar-refractivity contribution < 1.29 is 0 Å². The van der Waals surface area contributed by atoms with E-state index in [9.17, 15) is 0 Å². The average molecular weight is 283 g/mol. The first kappa shape index (κ1) is 17.5. The predicted molar refractivity (Wildman–Crippen MR) is 79.7 cm³/mol. The number of halogens is 2. The van der Waals surface area contributed by atoms with Crippen molar-refractivity contribution in [2.75, 3.05) is 26.2 Å². The highest BCUT2D eigenvalue weighted by Crippen LogP contribution is 2.13. The summed E-state index contributed by atoms with van der Waals surface area (Å²) in [7, 11) is 0. The lowest BCUT2D eigenvalue weighted by Gasteiger charge is -2.27. The standard InChI is InChI=1S/C13H26N2.2ClH/c1-2-6-11-15(10-5-1)12-8-13-7-3-4-9-14-13;;/h13-14H,1-12H2;2*1H. The smallest absolute Gasteiger partial charge is 0.00792 e. The lowest BCUT2D eigenvalue weighted by Crippen LogP contribution is -2.37. The number of nitrogens with one attached hydrogen (secondary N) is 1. The van der Waals surface area contributed by atoms with Crippen LogP contribution in [0.4, 0.5) is 0 Å². The molecule has 2 aliphatic heterocycles. The highest BCUT2D eigenvalue weighted by molar-refractivity contribution is 5.85. The average Bonchev–Trinajstić information content (AvgIpc) is 2.56. The monoisotopic (exact) mass is 282 g/mol. The zero-order valence-electron chi connectivity index (χ0n) is 10.8. The van der Waals surface area contributed by atoms with Crippen LogP contribution in [0.2, 0.25) is 0 Å². The van der Waals surface area contributed by atoms with Gasteiger partial charge in [0.15, 0.2) is 0 Å². The van der Waals surface area contributed by atoms with Crippen LogP contribution in [0.3, 0.4) is 0 Å². The second-order valence-electron chi connectivity index (χ2n) is 5.19. The first-order valence-corrected chi connectivity index (χ1v) is 6.91. The van der Waals surface area contributed by atoms with Gasteiger partial charge in [0.1, 0.15) is 0 Å². The van der Waals surface area contributed by atoms with Gasteiger partial charge in [-0.25, -0.2) is 0 Å².